The highest BCUT2D eigenvalue weighted by molar-refractivity contribution is 7.12. The van der Waals surface area contributed by atoms with Crippen molar-refractivity contribution in [1.82, 2.24) is 0 Å². The predicted octanol–water partition coefficient (Wildman–Crippen LogP) is 3.86. The number of nitrogens with one attached hydrogen (secondary N) is 1. The Bertz CT molecular complexity index is 633. The lowest BCUT2D eigenvalue weighted by molar-refractivity contribution is 0.624. The van der Waals surface area contributed by atoms with Crippen LogP contribution in [0.15, 0.2) is 24.3 Å². The largest absolute Gasteiger partial charge is 0.379 e. The average Bonchev–Trinajstić information content (AvgIpc) is 2.97. The summed E-state index contributed by atoms with van der Waals surface area (Å²) in [6.45, 7) is 0.649. The number of anilines is 1. The van der Waals surface area contributed by atoms with E-state index in [0.717, 1.165) is 0 Å². The fraction of sp³-hybridized carbons (Fsp3) is 0.267. The van der Waals surface area contributed by atoms with Gasteiger partial charge in [-0.1, -0.05) is 6.07 Å². The highest BCUT2D eigenvalue weighted by atomic mass is 32.1. The quantitative estimate of drug-likeness (QED) is 0.921. The van der Waals surface area contributed by atoms with Crippen LogP contribution in [0, 0.1) is 17.1 Å². The fourth-order valence-corrected chi connectivity index (χ4v) is 3.65. The Labute approximate surface area is 115 Å². The Morgan fingerprint density at radius 3 is 3.05 bits per heavy atom. The first-order valence-electron chi connectivity index (χ1n) is 6.31. The summed E-state index contributed by atoms with van der Waals surface area (Å²) in [5.74, 6) is -0.471. The van der Waals surface area contributed by atoms with E-state index in [1.807, 2.05) is 17.4 Å². The highest BCUT2D eigenvalue weighted by Crippen LogP contribution is 2.31. The monoisotopic (exact) mass is 272 g/mol. The van der Waals surface area contributed by atoms with Gasteiger partial charge in [0.15, 0.2) is 0 Å². The molecule has 0 radical (unpaired) electrons. The molecule has 0 saturated carbocycles. The Balaban J connectivity index is 1.76. The second kappa shape index (κ2) is 5.02. The molecular formula is C15H13FN2S. The van der Waals surface area contributed by atoms with Gasteiger partial charge in [0, 0.05) is 16.3 Å². The lowest BCUT2D eigenvalue weighted by Gasteiger charge is -2.07. The number of hydrogen-bond donors (Lipinski definition) is 1. The number of hydrogen-bond acceptors (Lipinski definition) is 3. The summed E-state index contributed by atoms with van der Waals surface area (Å²) in [5, 5.41) is 12.1. The van der Waals surface area contributed by atoms with Gasteiger partial charge in [-0.05, 0) is 43.0 Å². The van der Waals surface area contributed by atoms with Crippen molar-refractivity contribution < 1.29 is 4.39 Å². The topological polar surface area (TPSA) is 35.8 Å². The van der Waals surface area contributed by atoms with E-state index in [2.05, 4.69) is 11.4 Å². The summed E-state index contributed by atoms with van der Waals surface area (Å²) < 4.78 is 13.4. The molecule has 1 aromatic carbocycles. The molecule has 0 bridgehead atoms. The van der Waals surface area contributed by atoms with Crippen molar-refractivity contribution >= 4 is 17.0 Å². The third-order valence-corrected chi connectivity index (χ3v) is 4.61. The van der Waals surface area contributed by atoms with Gasteiger partial charge in [-0.15, -0.1) is 11.3 Å². The molecule has 0 amide bonds. The summed E-state index contributed by atoms with van der Waals surface area (Å²) in [6, 6.07) is 8.80. The molecule has 0 unspecified atom stereocenters. The van der Waals surface area contributed by atoms with E-state index in [-0.39, 0.29) is 5.56 Å². The summed E-state index contributed by atoms with van der Waals surface area (Å²) in [7, 11) is 0. The highest BCUT2D eigenvalue weighted by Gasteiger charge is 2.15. The molecule has 19 heavy (non-hydrogen) atoms. The van der Waals surface area contributed by atoms with Gasteiger partial charge in [0.25, 0.3) is 0 Å². The molecule has 0 spiro atoms. The second-order valence-corrected chi connectivity index (χ2v) is 5.86. The predicted molar refractivity (Wildman–Crippen MR) is 74.8 cm³/mol. The van der Waals surface area contributed by atoms with E-state index in [9.17, 15) is 4.39 Å². The van der Waals surface area contributed by atoms with Gasteiger partial charge in [0.1, 0.15) is 17.4 Å². The number of rotatable bonds is 3. The van der Waals surface area contributed by atoms with E-state index < -0.39 is 5.82 Å². The maximum Gasteiger partial charge on any atom is 0.143 e. The van der Waals surface area contributed by atoms with Crippen LogP contribution in [0.5, 0.6) is 0 Å². The van der Waals surface area contributed by atoms with Crippen molar-refractivity contribution in [2.75, 3.05) is 5.32 Å². The molecule has 0 saturated heterocycles. The maximum absolute atomic E-state index is 13.4. The third kappa shape index (κ3) is 2.34. The molecule has 4 heteroatoms. The van der Waals surface area contributed by atoms with Gasteiger partial charge in [-0.2, -0.15) is 5.26 Å². The van der Waals surface area contributed by atoms with Gasteiger partial charge >= 0.3 is 0 Å². The van der Waals surface area contributed by atoms with Gasteiger partial charge in [0.2, 0.25) is 0 Å². The van der Waals surface area contributed by atoms with Crippen molar-refractivity contribution in [3.63, 3.8) is 0 Å². The number of aryl methyl sites for hydroxylation is 2. The molecular weight excluding hydrogens is 259 g/mol. The molecule has 0 atom stereocenters. The molecule has 96 valence electrons. The van der Waals surface area contributed by atoms with E-state index in [1.165, 1.54) is 40.6 Å². The molecule has 2 nitrogen and oxygen atoms in total. The molecule has 2 aromatic rings. The van der Waals surface area contributed by atoms with E-state index in [1.54, 1.807) is 12.1 Å². The van der Waals surface area contributed by atoms with E-state index in [0.29, 0.717) is 12.2 Å². The second-order valence-electron chi connectivity index (χ2n) is 4.64. The first kappa shape index (κ1) is 12.2. The van der Waals surface area contributed by atoms with Gasteiger partial charge in [0.05, 0.1) is 5.69 Å². The summed E-state index contributed by atoms with van der Waals surface area (Å²) in [6.07, 6.45) is 3.62. The Morgan fingerprint density at radius 2 is 2.26 bits per heavy atom. The van der Waals surface area contributed by atoms with Crippen LogP contribution in [0.1, 0.15) is 27.3 Å². The third-order valence-electron chi connectivity index (χ3n) is 3.38. The molecule has 1 aliphatic carbocycles. The number of halogens is 1. The minimum absolute atomic E-state index is 0.0894. The Morgan fingerprint density at radius 1 is 1.37 bits per heavy atom. The van der Waals surface area contributed by atoms with Crippen LogP contribution in [-0.4, -0.2) is 0 Å². The smallest absolute Gasteiger partial charge is 0.143 e. The minimum Gasteiger partial charge on any atom is -0.379 e. The van der Waals surface area contributed by atoms with Gasteiger partial charge < -0.3 is 5.32 Å². The van der Waals surface area contributed by atoms with Crippen LogP contribution in [0.25, 0.3) is 0 Å². The number of thiophene rings is 1. The summed E-state index contributed by atoms with van der Waals surface area (Å²) in [4.78, 5) is 2.73. The molecule has 1 N–H and O–H groups in total. The zero-order chi connectivity index (χ0) is 13.2. The molecule has 0 aliphatic heterocycles. The number of nitrogens with zero attached hydrogens (tertiary/aromatic N) is 1. The molecule has 3 rings (SSSR count). The van der Waals surface area contributed by atoms with Gasteiger partial charge in [-0.3, -0.25) is 0 Å². The molecule has 1 heterocycles. The molecule has 1 aliphatic rings. The van der Waals surface area contributed by atoms with Crippen LogP contribution >= 0.6 is 11.3 Å². The molecule has 1 aromatic heterocycles. The number of fused-ring (bicyclic) bond motifs is 1. The van der Waals surface area contributed by atoms with Crippen molar-refractivity contribution in [3.8, 4) is 6.07 Å². The zero-order valence-electron chi connectivity index (χ0n) is 10.4. The van der Waals surface area contributed by atoms with Crippen LogP contribution in [0.4, 0.5) is 10.1 Å². The summed E-state index contributed by atoms with van der Waals surface area (Å²) in [5.41, 5.74) is 2.12. The van der Waals surface area contributed by atoms with Crippen LogP contribution in [0.2, 0.25) is 0 Å². The van der Waals surface area contributed by atoms with Crippen molar-refractivity contribution in [1.29, 1.82) is 5.26 Å². The standard InChI is InChI=1S/C15H13FN2S/c16-13-4-2-5-14(12(13)8-17)18-9-11-7-10-3-1-6-15(10)19-11/h2,4-5,7,18H,1,3,6,9H2. The van der Waals surface area contributed by atoms with Crippen molar-refractivity contribution in [2.24, 2.45) is 0 Å². The van der Waals surface area contributed by atoms with Crippen LogP contribution < -0.4 is 5.32 Å². The van der Waals surface area contributed by atoms with Crippen LogP contribution in [0.3, 0.4) is 0 Å². The summed E-state index contributed by atoms with van der Waals surface area (Å²) >= 11 is 1.82. The fourth-order valence-electron chi connectivity index (χ4n) is 2.45. The first-order valence-corrected chi connectivity index (χ1v) is 7.12. The van der Waals surface area contributed by atoms with Gasteiger partial charge in [-0.25, -0.2) is 4.39 Å². The lowest BCUT2D eigenvalue weighted by Crippen LogP contribution is -2.01. The minimum atomic E-state index is -0.471. The normalized spacial score (nSPS) is 13.1. The SMILES string of the molecule is N#Cc1c(F)cccc1NCc1cc2c(s1)CCC2. The maximum atomic E-state index is 13.4. The Kier molecular flexibility index (Phi) is 3.22. The van der Waals surface area contributed by atoms with Crippen LogP contribution in [-0.2, 0) is 19.4 Å². The Hall–Kier alpha value is -1.86. The average molecular weight is 272 g/mol. The first-order chi connectivity index (χ1) is 9.28. The lowest BCUT2D eigenvalue weighted by atomic mass is 10.2. The zero-order valence-corrected chi connectivity index (χ0v) is 11.2. The number of benzene rings is 1. The van der Waals surface area contributed by atoms with Crippen molar-refractivity contribution in [3.05, 3.63) is 51.0 Å². The van der Waals surface area contributed by atoms with E-state index in [4.69, 9.17) is 5.26 Å². The molecule has 0 fully saturated rings. The number of nitriles is 1. The van der Waals surface area contributed by atoms with Crippen molar-refractivity contribution in [2.45, 2.75) is 25.8 Å². The van der Waals surface area contributed by atoms with E-state index >= 15 is 0 Å².